The molecule has 0 radical (unpaired) electrons. The monoisotopic (exact) mass is 571 g/mol. The molecule has 0 bridgehead atoms. The van der Waals surface area contributed by atoms with E-state index >= 15 is 0 Å². The van der Waals surface area contributed by atoms with E-state index in [0.717, 1.165) is 0 Å². The highest BCUT2D eigenvalue weighted by Gasteiger charge is 2.50. The molecule has 0 amide bonds. The second-order valence-electron chi connectivity index (χ2n) is 10.7. The number of thioether (sulfide) groups is 1. The molecule has 1 aromatic rings. The van der Waals surface area contributed by atoms with Crippen LogP contribution in [0.15, 0.2) is 24.8 Å². The molecule has 0 aromatic carbocycles. The lowest BCUT2D eigenvalue weighted by Crippen LogP contribution is -2.55. The minimum absolute atomic E-state index is 0.00395. The Morgan fingerprint density at radius 3 is 2.39 bits per heavy atom. The van der Waals surface area contributed by atoms with Gasteiger partial charge in [-0.3, -0.25) is 4.68 Å². The molecule has 0 spiro atoms. The molecule has 38 heavy (non-hydrogen) atoms. The molecule has 1 saturated heterocycles. The van der Waals surface area contributed by atoms with Gasteiger partial charge in [0.15, 0.2) is 6.29 Å². The van der Waals surface area contributed by atoms with Crippen molar-refractivity contribution in [1.29, 1.82) is 0 Å². The van der Waals surface area contributed by atoms with Crippen LogP contribution in [-0.4, -0.2) is 80.2 Å². The van der Waals surface area contributed by atoms with E-state index in [2.05, 4.69) is 10.1 Å². The van der Waals surface area contributed by atoms with Gasteiger partial charge in [-0.15, -0.1) is 11.8 Å². The third-order valence-electron chi connectivity index (χ3n) is 8.03. The van der Waals surface area contributed by atoms with Crippen molar-refractivity contribution in [3.8, 4) is 0 Å². The fraction of sp³-hybridized carbons (Fsp3) is 0.840. The largest absolute Gasteiger partial charge is 0.391 e. The van der Waals surface area contributed by atoms with Crippen LogP contribution in [0, 0.1) is 17.8 Å². The van der Waals surface area contributed by atoms with Gasteiger partial charge in [0.2, 0.25) is 0 Å². The average Bonchev–Trinajstić information content (AvgIpc) is 3.36. The van der Waals surface area contributed by atoms with E-state index in [1.807, 2.05) is 0 Å². The second kappa shape index (κ2) is 12.5. The number of aromatic nitrogens is 3. The van der Waals surface area contributed by atoms with Crippen LogP contribution in [-0.2, 0) is 16.0 Å². The van der Waals surface area contributed by atoms with Crippen molar-refractivity contribution in [2.45, 2.75) is 99.1 Å². The molecule has 1 aromatic heterocycles. The Kier molecular flexibility index (Phi) is 9.73. The highest BCUT2D eigenvalue weighted by atomic mass is 32.2. The summed E-state index contributed by atoms with van der Waals surface area (Å²) in [5.41, 5.74) is -1.53. The molecule has 1 aliphatic heterocycles. The standard InChI is InChI=1S/C25H35F6N3O3S/c1-15(24(35,12-34-14-32-13-33-34)20-6-5-18(26)9-22(20)28)38-19-10-36-23(37-11-19)7-3-16-2-4-17(8-21(16)27)25(29,30)31/h3,7,13-23,35H,2,4-6,8-12H2,1H3/b7-3+. The normalized spacial score (nSPS) is 37.7. The van der Waals surface area contributed by atoms with E-state index in [1.54, 1.807) is 13.0 Å². The van der Waals surface area contributed by atoms with Crippen molar-refractivity contribution < 1.29 is 40.9 Å². The van der Waals surface area contributed by atoms with Crippen LogP contribution in [0.2, 0.25) is 0 Å². The Balaban J connectivity index is 1.31. The number of hydrogen-bond donors (Lipinski definition) is 1. The molecule has 216 valence electrons. The zero-order valence-corrected chi connectivity index (χ0v) is 22.0. The van der Waals surface area contributed by atoms with Crippen LogP contribution >= 0.6 is 11.8 Å². The summed E-state index contributed by atoms with van der Waals surface area (Å²) in [7, 11) is 0. The lowest BCUT2D eigenvalue weighted by Gasteiger charge is -2.45. The van der Waals surface area contributed by atoms with E-state index in [9.17, 15) is 31.4 Å². The predicted octanol–water partition coefficient (Wildman–Crippen LogP) is 5.22. The van der Waals surface area contributed by atoms with Crippen LogP contribution in [0.3, 0.4) is 0 Å². The Morgan fingerprint density at radius 1 is 1.05 bits per heavy atom. The van der Waals surface area contributed by atoms with Gasteiger partial charge in [0.05, 0.1) is 30.9 Å². The SMILES string of the molecule is CC(SC1COC(/C=C/C2CCC(C(F)(F)F)CC2F)OC1)C(O)(Cn1cncn1)C1CCC(F)CC1F. The predicted molar refractivity (Wildman–Crippen MR) is 130 cm³/mol. The lowest BCUT2D eigenvalue weighted by molar-refractivity contribution is -0.188. The molecular weight excluding hydrogens is 536 g/mol. The highest BCUT2D eigenvalue weighted by Crippen LogP contribution is 2.44. The van der Waals surface area contributed by atoms with Crippen molar-refractivity contribution in [2.24, 2.45) is 17.8 Å². The van der Waals surface area contributed by atoms with Crippen LogP contribution < -0.4 is 0 Å². The van der Waals surface area contributed by atoms with Crippen LogP contribution in [0.1, 0.15) is 45.4 Å². The molecule has 3 aliphatic rings. The number of aliphatic hydroxyl groups is 1. The Bertz CT molecular complexity index is 901. The first-order valence-corrected chi connectivity index (χ1v) is 14.0. The van der Waals surface area contributed by atoms with E-state index in [-0.39, 0.29) is 57.1 Å². The lowest BCUT2D eigenvalue weighted by atomic mass is 9.73. The molecule has 8 unspecified atom stereocenters. The van der Waals surface area contributed by atoms with Crippen molar-refractivity contribution in [2.75, 3.05) is 13.2 Å². The van der Waals surface area contributed by atoms with Gasteiger partial charge < -0.3 is 14.6 Å². The molecule has 2 heterocycles. The maximum atomic E-state index is 15.0. The number of allylic oxidation sites excluding steroid dienone is 1. The number of hydrogen-bond acceptors (Lipinski definition) is 6. The van der Waals surface area contributed by atoms with Gasteiger partial charge in [-0.1, -0.05) is 13.0 Å². The van der Waals surface area contributed by atoms with E-state index < -0.39 is 66.0 Å². The van der Waals surface area contributed by atoms with Gasteiger partial charge in [0, 0.05) is 23.5 Å². The molecule has 8 atom stereocenters. The third-order valence-corrected chi connectivity index (χ3v) is 9.50. The van der Waals surface area contributed by atoms with Crippen LogP contribution in [0.4, 0.5) is 26.3 Å². The number of halogens is 6. The maximum absolute atomic E-state index is 15.0. The van der Waals surface area contributed by atoms with E-state index in [1.165, 1.54) is 35.2 Å². The van der Waals surface area contributed by atoms with Gasteiger partial charge in [-0.05, 0) is 38.2 Å². The van der Waals surface area contributed by atoms with Crippen LogP contribution in [0.25, 0.3) is 0 Å². The molecule has 2 aliphatic carbocycles. The zero-order chi connectivity index (χ0) is 27.5. The van der Waals surface area contributed by atoms with Gasteiger partial charge in [-0.25, -0.2) is 18.2 Å². The fourth-order valence-corrected chi connectivity index (χ4v) is 7.11. The van der Waals surface area contributed by atoms with Crippen LogP contribution in [0.5, 0.6) is 0 Å². The van der Waals surface area contributed by atoms with Gasteiger partial charge >= 0.3 is 6.18 Å². The van der Waals surface area contributed by atoms with Gasteiger partial charge in [0.25, 0.3) is 0 Å². The topological polar surface area (TPSA) is 69.4 Å². The second-order valence-corrected chi connectivity index (χ2v) is 12.3. The summed E-state index contributed by atoms with van der Waals surface area (Å²) in [4.78, 5) is 3.90. The van der Waals surface area contributed by atoms with Gasteiger partial charge in [-0.2, -0.15) is 18.3 Å². The first-order valence-electron chi connectivity index (χ1n) is 13.1. The Hall–Kier alpha value is -1.31. The maximum Gasteiger partial charge on any atom is 0.391 e. The summed E-state index contributed by atoms with van der Waals surface area (Å²) in [6.07, 6.45) is -3.96. The van der Waals surface area contributed by atoms with Crippen molar-refractivity contribution in [3.63, 3.8) is 0 Å². The summed E-state index contributed by atoms with van der Waals surface area (Å²) in [5.74, 6) is -3.00. The summed E-state index contributed by atoms with van der Waals surface area (Å²) >= 11 is 1.38. The number of rotatable bonds is 8. The third kappa shape index (κ3) is 7.25. The average molecular weight is 572 g/mol. The quantitative estimate of drug-likeness (QED) is 0.341. The van der Waals surface area contributed by atoms with Crippen molar-refractivity contribution >= 4 is 11.8 Å². The molecular formula is C25H35F6N3O3S. The molecule has 3 fully saturated rings. The molecule has 6 nitrogen and oxygen atoms in total. The summed E-state index contributed by atoms with van der Waals surface area (Å²) < 4.78 is 94.6. The fourth-order valence-electron chi connectivity index (χ4n) is 5.74. The van der Waals surface area contributed by atoms with E-state index in [4.69, 9.17) is 9.47 Å². The smallest absolute Gasteiger partial charge is 0.386 e. The number of ether oxygens (including phenoxy) is 2. The summed E-state index contributed by atoms with van der Waals surface area (Å²) in [6.45, 7) is 2.30. The van der Waals surface area contributed by atoms with Crippen molar-refractivity contribution in [1.82, 2.24) is 14.8 Å². The number of alkyl halides is 6. The number of nitrogens with zero attached hydrogens (tertiary/aromatic N) is 3. The van der Waals surface area contributed by atoms with Gasteiger partial charge in [0.1, 0.15) is 36.8 Å². The minimum Gasteiger partial charge on any atom is -0.386 e. The zero-order valence-electron chi connectivity index (χ0n) is 21.2. The molecule has 4 rings (SSSR count). The highest BCUT2D eigenvalue weighted by molar-refractivity contribution is 8.00. The first-order chi connectivity index (χ1) is 18.0. The van der Waals surface area contributed by atoms with Crippen molar-refractivity contribution in [3.05, 3.63) is 24.8 Å². The molecule has 13 heteroatoms. The molecule has 2 saturated carbocycles. The van der Waals surface area contributed by atoms with E-state index in [0.29, 0.717) is 0 Å². The summed E-state index contributed by atoms with van der Waals surface area (Å²) in [6, 6.07) is 0. The Morgan fingerprint density at radius 2 is 1.79 bits per heavy atom. The molecule has 1 N–H and O–H groups in total. The first kappa shape index (κ1) is 29.7. The minimum atomic E-state index is -4.38. The Labute approximate surface area is 222 Å². The summed E-state index contributed by atoms with van der Waals surface area (Å²) in [5, 5.41) is 15.2.